The maximum Gasteiger partial charge on any atom is 0.181 e. The van der Waals surface area contributed by atoms with E-state index >= 15 is 0 Å². The van der Waals surface area contributed by atoms with Crippen LogP contribution < -0.4 is 0 Å². The molecule has 1 heterocycles. The number of hydrogen-bond acceptors (Lipinski definition) is 4. The summed E-state index contributed by atoms with van der Waals surface area (Å²) in [6.07, 6.45) is 1.10. The van der Waals surface area contributed by atoms with Crippen molar-refractivity contribution in [2.24, 2.45) is 0 Å². The van der Waals surface area contributed by atoms with Gasteiger partial charge in [0.15, 0.2) is 15.6 Å². The molecule has 0 aromatic heterocycles. The lowest BCUT2D eigenvalue weighted by atomic mass is 10.0. The van der Waals surface area contributed by atoms with Crippen molar-refractivity contribution in [1.82, 2.24) is 4.90 Å². The Morgan fingerprint density at radius 3 is 2.03 bits per heavy atom. The highest BCUT2D eigenvalue weighted by molar-refractivity contribution is 7.92. The molecule has 5 heteroatoms. The Bertz CT molecular complexity index is 1130. The summed E-state index contributed by atoms with van der Waals surface area (Å²) in [7, 11) is -3.33. The fourth-order valence-corrected chi connectivity index (χ4v) is 5.80. The Kier molecular flexibility index (Phi) is 6.35. The summed E-state index contributed by atoms with van der Waals surface area (Å²) in [5, 5.41) is -0.383. The number of rotatable bonds is 6. The van der Waals surface area contributed by atoms with E-state index in [9.17, 15) is 13.2 Å². The number of piperidine rings is 1. The van der Waals surface area contributed by atoms with Crippen LogP contribution in [0, 0.1) is 6.92 Å². The van der Waals surface area contributed by atoms with Gasteiger partial charge in [-0.3, -0.25) is 9.69 Å². The van der Waals surface area contributed by atoms with Crippen molar-refractivity contribution in [2.45, 2.75) is 29.9 Å². The van der Waals surface area contributed by atoms with Crippen molar-refractivity contribution in [3.63, 3.8) is 0 Å². The van der Waals surface area contributed by atoms with Crippen LogP contribution in [-0.2, 0) is 9.84 Å². The third-order valence-electron chi connectivity index (χ3n) is 6.00. The van der Waals surface area contributed by atoms with Crippen molar-refractivity contribution in [3.05, 3.63) is 90.0 Å². The normalized spacial score (nSPS) is 15.6. The monoisotopic (exact) mass is 433 g/mol. The van der Waals surface area contributed by atoms with Crippen LogP contribution in [0.15, 0.2) is 83.8 Å². The van der Waals surface area contributed by atoms with Gasteiger partial charge in [0, 0.05) is 5.56 Å². The second-order valence-electron chi connectivity index (χ2n) is 8.20. The molecule has 0 unspecified atom stereocenters. The number of carbonyl (C=O) groups is 1. The molecule has 3 aromatic carbocycles. The Morgan fingerprint density at radius 1 is 0.839 bits per heavy atom. The van der Waals surface area contributed by atoms with Crippen LogP contribution in [0.4, 0.5) is 0 Å². The van der Waals surface area contributed by atoms with Crippen molar-refractivity contribution in [1.29, 1.82) is 0 Å². The average molecular weight is 434 g/mol. The van der Waals surface area contributed by atoms with Crippen LogP contribution in [0.1, 0.15) is 28.8 Å². The Balaban J connectivity index is 1.34. The van der Waals surface area contributed by atoms with Gasteiger partial charge in [0.05, 0.1) is 16.7 Å². The van der Waals surface area contributed by atoms with Gasteiger partial charge in [0.25, 0.3) is 0 Å². The first-order valence-corrected chi connectivity index (χ1v) is 12.2. The van der Waals surface area contributed by atoms with E-state index in [1.165, 1.54) is 0 Å². The second-order valence-corrected chi connectivity index (χ2v) is 10.4. The van der Waals surface area contributed by atoms with Gasteiger partial charge in [0.2, 0.25) is 0 Å². The largest absolute Gasteiger partial charge is 0.296 e. The van der Waals surface area contributed by atoms with Crippen LogP contribution in [-0.4, -0.2) is 44.0 Å². The molecule has 1 saturated heterocycles. The molecule has 1 aliphatic rings. The molecule has 0 radical (unpaired) electrons. The quantitative estimate of drug-likeness (QED) is 0.525. The van der Waals surface area contributed by atoms with Crippen LogP contribution in [0.5, 0.6) is 0 Å². The predicted molar refractivity (Wildman–Crippen MR) is 124 cm³/mol. The minimum absolute atomic E-state index is 0.0689. The van der Waals surface area contributed by atoms with Crippen molar-refractivity contribution >= 4 is 15.6 Å². The summed E-state index contributed by atoms with van der Waals surface area (Å²) >= 11 is 0. The number of benzene rings is 3. The van der Waals surface area contributed by atoms with Crippen LogP contribution in [0.25, 0.3) is 11.1 Å². The number of Topliss-reactive ketones (excluding diaryl/α,β-unsaturated/α-hetero) is 1. The fraction of sp³-hybridized carbons (Fsp3) is 0.269. The first-order valence-electron chi connectivity index (χ1n) is 10.6. The van der Waals surface area contributed by atoms with E-state index in [0.717, 1.165) is 16.7 Å². The fourth-order valence-electron chi connectivity index (χ4n) is 4.07. The zero-order valence-corrected chi connectivity index (χ0v) is 18.5. The predicted octanol–water partition coefficient (Wildman–Crippen LogP) is 4.78. The standard InChI is InChI=1S/C26H27NO3S/c1-20-7-13-24(14-8-20)31(29,30)25-15-17-27(18-16-25)19-26(28)23-11-9-22(10-12-23)21-5-3-2-4-6-21/h2-14,25H,15-19H2,1H3. The number of ketones is 1. The number of aryl methyl sites for hydroxylation is 1. The molecule has 1 fully saturated rings. The number of likely N-dealkylation sites (tertiary alicyclic amines) is 1. The van der Waals surface area contributed by atoms with Crippen LogP contribution in [0.2, 0.25) is 0 Å². The topological polar surface area (TPSA) is 54.5 Å². The highest BCUT2D eigenvalue weighted by Gasteiger charge is 2.31. The summed E-state index contributed by atoms with van der Waals surface area (Å²) in [5.74, 6) is 0.0689. The molecule has 31 heavy (non-hydrogen) atoms. The Morgan fingerprint density at radius 2 is 1.42 bits per heavy atom. The molecule has 0 N–H and O–H groups in total. The number of hydrogen-bond donors (Lipinski definition) is 0. The highest BCUT2D eigenvalue weighted by Crippen LogP contribution is 2.25. The van der Waals surface area contributed by atoms with E-state index in [0.29, 0.717) is 42.9 Å². The average Bonchev–Trinajstić information content (AvgIpc) is 2.80. The number of sulfone groups is 1. The molecule has 0 spiro atoms. The number of carbonyl (C=O) groups excluding carboxylic acids is 1. The highest BCUT2D eigenvalue weighted by atomic mass is 32.2. The lowest BCUT2D eigenvalue weighted by Crippen LogP contribution is -2.41. The van der Waals surface area contributed by atoms with Crippen LogP contribution in [0.3, 0.4) is 0 Å². The molecular formula is C26H27NO3S. The maximum atomic E-state index is 12.9. The summed E-state index contributed by atoms with van der Waals surface area (Å²) in [6.45, 7) is 3.50. The van der Waals surface area contributed by atoms with Gasteiger partial charge in [-0.15, -0.1) is 0 Å². The van der Waals surface area contributed by atoms with Gasteiger partial charge in [-0.05, 0) is 56.1 Å². The maximum absolute atomic E-state index is 12.9. The minimum atomic E-state index is -3.33. The molecule has 4 nitrogen and oxygen atoms in total. The summed E-state index contributed by atoms with van der Waals surface area (Å²) in [6, 6.07) is 24.8. The second kappa shape index (κ2) is 9.16. The molecule has 4 rings (SSSR count). The lowest BCUT2D eigenvalue weighted by molar-refractivity contribution is 0.0916. The Hall–Kier alpha value is -2.76. The first kappa shape index (κ1) is 21.5. The van der Waals surface area contributed by atoms with Crippen LogP contribution >= 0.6 is 0 Å². The van der Waals surface area contributed by atoms with E-state index in [2.05, 4.69) is 4.90 Å². The zero-order chi connectivity index (χ0) is 21.8. The molecule has 0 amide bonds. The minimum Gasteiger partial charge on any atom is -0.296 e. The van der Waals surface area contributed by atoms with E-state index in [-0.39, 0.29) is 11.0 Å². The van der Waals surface area contributed by atoms with E-state index in [1.807, 2.05) is 73.7 Å². The van der Waals surface area contributed by atoms with Gasteiger partial charge in [-0.25, -0.2) is 8.42 Å². The lowest BCUT2D eigenvalue weighted by Gasteiger charge is -2.31. The SMILES string of the molecule is Cc1ccc(S(=O)(=O)C2CCN(CC(=O)c3ccc(-c4ccccc4)cc3)CC2)cc1. The molecular weight excluding hydrogens is 406 g/mol. The van der Waals surface area contributed by atoms with Crippen molar-refractivity contribution in [3.8, 4) is 11.1 Å². The third kappa shape index (κ3) is 4.94. The van der Waals surface area contributed by atoms with E-state index in [1.54, 1.807) is 12.1 Å². The Labute approximate surface area is 184 Å². The molecule has 1 aliphatic heterocycles. The van der Waals surface area contributed by atoms with Gasteiger partial charge >= 0.3 is 0 Å². The van der Waals surface area contributed by atoms with Crippen molar-refractivity contribution < 1.29 is 13.2 Å². The molecule has 0 bridgehead atoms. The first-order chi connectivity index (χ1) is 14.9. The van der Waals surface area contributed by atoms with Gasteiger partial charge in [-0.1, -0.05) is 72.3 Å². The summed E-state index contributed by atoms with van der Waals surface area (Å²) in [5.41, 5.74) is 3.94. The van der Waals surface area contributed by atoms with Gasteiger partial charge in [-0.2, -0.15) is 0 Å². The van der Waals surface area contributed by atoms with Gasteiger partial charge < -0.3 is 0 Å². The smallest absolute Gasteiger partial charge is 0.181 e. The molecule has 0 saturated carbocycles. The number of nitrogens with zero attached hydrogens (tertiary/aromatic N) is 1. The van der Waals surface area contributed by atoms with Crippen molar-refractivity contribution in [2.75, 3.05) is 19.6 Å². The van der Waals surface area contributed by atoms with E-state index < -0.39 is 9.84 Å². The third-order valence-corrected chi connectivity index (χ3v) is 8.28. The molecule has 0 aliphatic carbocycles. The molecule has 0 atom stereocenters. The summed E-state index contributed by atoms with van der Waals surface area (Å²) in [4.78, 5) is 15.2. The summed E-state index contributed by atoms with van der Waals surface area (Å²) < 4.78 is 25.8. The zero-order valence-electron chi connectivity index (χ0n) is 17.7. The van der Waals surface area contributed by atoms with Gasteiger partial charge in [0.1, 0.15) is 0 Å². The van der Waals surface area contributed by atoms with E-state index in [4.69, 9.17) is 0 Å². The molecule has 3 aromatic rings. The molecule has 160 valence electrons.